The molecule has 3 N–H and O–H groups in total. The van der Waals surface area contributed by atoms with Gasteiger partial charge in [-0.05, 0) is 48.7 Å². The van der Waals surface area contributed by atoms with Crippen molar-refractivity contribution in [1.82, 2.24) is 16.3 Å². The first kappa shape index (κ1) is 20.2. The highest BCUT2D eigenvalue weighted by atomic mass is 35.5. The number of carbonyl (C=O) groups is 1. The number of amides is 1. The van der Waals surface area contributed by atoms with Crippen LogP contribution in [0.5, 0.6) is 0 Å². The number of nitro groups is 1. The summed E-state index contributed by atoms with van der Waals surface area (Å²) in [5.41, 5.74) is 10.7. The Hall–Kier alpha value is -2.52. The zero-order valence-corrected chi connectivity index (χ0v) is 16.3. The topological polar surface area (TPSA) is 109 Å². The van der Waals surface area contributed by atoms with Crippen LogP contribution in [0.2, 0.25) is 10.0 Å². The van der Waals surface area contributed by atoms with E-state index < -0.39 is 11.0 Å². The second-order valence-corrected chi connectivity index (χ2v) is 7.09. The summed E-state index contributed by atoms with van der Waals surface area (Å²) in [4.78, 5) is 22.6. The highest BCUT2D eigenvalue weighted by molar-refractivity contribution is 6.42. The van der Waals surface area contributed by atoms with Crippen molar-refractivity contribution in [3.05, 3.63) is 73.8 Å². The van der Waals surface area contributed by atoms with Crippen LogP contribution >= 0.6 is 23.2 Å². The van der Waals surface area contributed by atoms with Crippen molar-refractivity contribution < 1.29 is 9.72 Å². The lowest BCUT2D eigenvalue weighted by Gasteiger charge is -2.10. The third kappa shape index (κ3) is 4.66. The van der Waals surface area contributed by atoms with Crippen molar-refractivity contribution in [2.75, 3.05) is 0 Å². The summed E-state index contributed by atoms with van der Waals surface area (Å²) < 4.78 is 0. The third-order valence-electron chi connectivity index (χ3n) is 4.40. The molecule has 0 bridgehead atoms. The monoisotopic (exact) mass is 421 g/mol. The molecule has 3 rings (SSSR count). The SMILES string of the molecule is C/C(=N/NC(=O)C1CC(c2ccc(Cl)c(Cl)c2)NN1)c1ccc([N+](=O)[O-])cc1. The molecule has 1 fully saturated rings. The first-order valence-electron chi connectivity index (χ1n) is 8.40. The summed E-state index contributed by atoms with van der Waals surface area (Å²) in [6, 6.07) is 10.7. The molecule has 2 atom stereocenters. The Labute approximate surface area is 171 Å². The number of nitrogens with one attached hydrogen (secondary N) is 3. The van der Waals surface area contributed by atoms with Gasteiger partial charge in [0.2, 0.25) is 0 Å². The fraction of sp³-hybridized carbons (Fsp3) is 0.222. The number of hydrogen-bond donors (Lipinski definition) is 3. The molecule has 146 valence electrons. The highest BCUT2D eigenvalue weighted by Crippen LogP contribution is 2.29. The van der Waals surface area contributed by atoms with Gasteiger partial charge in [0, 0.05) is 18.2 Å². The van der Waals surface area contributed by atoms with Gasteiger partial charge in [-0.25, -0.2) is 16.3 Å². The van der Waals surface area contributed by atoms with Crippen molar-refractivity contribution in [1.29, 1.82) is 0 Å². The second-order valence-electron chi connectivity index (χ2n) is 6.28. The largest absolute Gasteiger partial charge is 0.271 e. The summed E-state index contributed by atoms with van der Waals surface area (Å²) in [5, 5.41) is 15.7. The summed E-state index contributed by atoms with van der Waals surface area (Å²) in [5.74, 6) is -0.295. The third-order valence-corrected chi connectivity index (χ3v) is 5.13. The van der Waals surface area contributed by atoms with Crippen molar-refractivity contribution in [3.8, 4) is 0 Å². The van der Waals surface area contributed by atoms with Gasteiger partial charge in [-0.1, -0.05) is 29.3 Å². The lowest BCUT2D eigenvalue weighted by Crippen LogP contribution is -2.41. The number of hydrogen-bond acceptors (Lipinski definition) is 6. The summed E-state index contributed by atoms with van der Waals surface area (Å²) in [7, 11) is 0. The Morgan fingerprint density at radius 1 is 1.18 bits per heavy atom. The molecule has 1 heterocycles. The summed E-state index contributed by atoms with van der Waals surface area (Å²) in [6.45, 7) is 1.71. The molecule has 1 aliphatic heterocycles. The van der Waals surface area contributed by atoms with Crippen molar-refractivity contribution in [3.63, 3.8) is 0 Å². The van der Waals surface area contributed by atoms with Crippen LogP contribution in [0.1, 0.15) is 30.5 Å². The Morgan fingerprint density at radius 3 is 2.54 bits per heavy atom. The molecule has 2 aromatic rings. The van der Waals surface area contributed by atoms with E-state index >= 15 is 0 Å². The Bertz CT molecular complexity index is 933. The predicted molar refractivity (Wildman–Crippen MR) is 107 cm³/mol. The van der Waals surface area contributed by atoms with Crippen LogP contribution < -0.4 is 16.3 Å². The maximum atomic E-state index is 12.4. The summed E-state index contributed by atoms with van der Waals surface area (Å²) >= 11 is 12.0. The fourth-order valence-electron chi connectivity index (χ4n) is 2.78. The molecule has 0 aromatic heterocycles. The van der Waals surface area contributed by atoms with E-state index in [1.165, 1.54) is 12.1 Å². The number of hydrazone groups is 1. The minimum Gasteiger partial charge on any atom is -0.271 e. The molecule has 0 saturated carbocycles. The number of rotatable bonds is 5. The molecular formula is C18H17Cl2N5O3. The number of non-ortho nitro benzene ring substituents is 1. The van der Waals surface area contributed by atoms with Crippen LogP contribution in [0.4, 0.5) is 5.69 Å². The molecule has 8 nitrogen and oxygen atoms in total. The molecule has 2 aromatic carbocycles. The van der Waals surface area contributed by atoms with Crippen molar-refractivity contribution in [2.45, 2.75) is 25.4 Å². The van der Waals surface area contributed by atoms with Gasteiger partial charge in [0.25, 0.3) is 11.6 Å². The normalized spacial score (nSPS) is 19.5. The van der Waals surface area contributed by atoms with Gasteiger partial charge < -0.3 is 0 Å². The molecule has 0 spiro atoms. The standard InChI is InChI=1S/C18H17Cl2N5O3/c1-10(11-2-5-13(6-3-11)25(27)28)21-24-18(26)17-9-16(22-23-17)12-4-7-14(19)15(20)8-12/h2-8,16-17,22-23H,9H2,1H3,(H,24,26)/b21-10-. The number of nitrogens with zero attached hydrogens (tertiary/aromatic N) is 2. The van der Waals surface area contributed by atoms with Crippen LogP contribution in [0, 0.1) is 10.1 Å². The first-order chi connectivity index (χ1) is 13.3. The zero-order chi connectivity index (χ0) is 20.3. The Kier molecular flexibility index (Phi) is 6.25. The number of halogens is 2. The lowest BCUT2D eigenvalue weighted by atomic mass is 10.0. The molecular weight excluding hydrogens is 405 g/mol. The molecule has 28 heavy (non-hydrogen) atoms. The quantitative estimate of drug-likeness (QED) is 0.389. The van der Waals surface area contributed by atoms with Crippen molar-refractivity contribution >= 4 is 40.5 Å². The van der Waals surface area contributed by atoms with Gasteiger partial charge in [0.15, 0.2) is 0 Å². The number of nitro benzene ring substituents is 1. The number of benzene rings is 2. The molecule has 0 aliphatic carbocycles. The van der Waals surface area contributed by atoms with Crippen molar-refractivity contribution in [2.24, 2.45) is 5.10 Å². The van der Waals surface area contributed by atoms with Crippen LogP contribution in [0.15, 0.2) is 47.6 Å². The second kappa shape index (κ2) is 8.66. The minimum absolute atomic E-state index is 0.00448. The highest BCUT2D eigenvalue weighted by Gasteiger charge is 2.30. The van der Waals surface area contributed by atoms with Gasteiger partial charge >= 0.3 is 0 Å². The molecule has 1 aliphatic rings. The van der Waals surface area contributed by atoms with E-state index in [-0.39, 0.29) is 17.6 Å². The van der Waals surface area contributed by atoms with E-state index in [2.05, 4.69) is 21.4 Å². The molecule has 10 heteroatoms. The maximum absolute atomic E-state index is 12.4. The predicted octanol–water partition coefficient (Wildman–Crippen LogP) is 3.35. The van der Waals surface area contributed by atoms with Gasteiger partial charge in [0.1, 0.15) is 6.04 Å². The van der Waals surface area contributed by atoms with E-state index in [0.717, 1.165) is 5.56 Å². The van der Waals surface area contributed by atoms with E-state index in [4.69, 9.17) is 23.2 Å². The van der Waals surface area contributed by atoms with Gasteiger partial charge in [-0.3, -0.25) is 14.9 Å². The summed E-state index contributed by atoms with van der Waals surface area (Å²) in [6.07, 6.45) is 0.510. The van der Waals surface area contributed by atoms with Gasteiger partial charge in [-0.2, -0.15) is 5.10 Å². The van der Waals surface area contributed by atoms with Gasteiger partial charge in [0.05, 0.1) is 20.7 Å². The molecule has 1 saturated heterocycles. The van der Waals surface area contributed by atoms with Gasteiger partial charge in [-0.15, -0.1) is 0 Å². The van der Waals surface area contributed by atoms with E-state index in [1.54, 1.807) is 31.2 Å². The van der Waals surface area contributed by atoms with Crippen LogP contribution in [-0.2, 0) is 4.79 Å². The van der Waals surface area contributed by atoms with E-state index in [0.29, 0.717) is 27.7 Å². The lowest BCUT2D eigenvalue weighted by molar-refractivity contribution is -0.384. The smallest absolute Gasteiger partial charge is 0.269 e. The van der Waals surface area contributed by atoms with Crippen LogP contribution in [0.25, 0.3) is 0 Å². The fourth-order valence-corrected chi connectivity index (χ4v) is 3.09. The average molecular weight is 422 g/mol. The Balaban J connectivity index is 1.59. The average Bonchev–Trinajstić information content (AvgIpc) is 3.18. The molecule has 1 amide bonds. The van der Waals surface area contributed by atoms with Crippen LogP contribution in [-0.4, -0.2) is 22.6 Å². The number of hydrazine groups is 1. The zero-order valence-electron chi connectivity index (χ0n) is 14.8. The van der Waals surface area contributed by atoms with Crippen LogP contribution in [0.3, 0.4) is 0 Å². The Morgan fingerprint density at radius 2 is 1.89 bits per heavy atom. The van der Waals surface area contributed by atoms with E-state index in [9.17, 15) is 14.9 Å². The first-order valence-corrected chi connectivity index (χ1v) is 9.15. The molecule has 0 radical (unpaired) electrons. The molecule has 2 unspecified atom stereocenters. The number of carbonyl (C=O) groups excluding carboxylic acids is 1. The van der Waals surface area contributed by atoms with E-state index in [1.807, 2.05) is 6.07 Å². The minimum atomic E-state index is -0.479. The maximum Gasteiger partial charge on any atom is 0.269 e.